The first-order valence-electron chi connectivity index (χ1n) is 9.37. The first-order chi connectivity index (χ1) is 14.3. The van der Waals surface area contributed by atoms with E-state index in [1.165, 1.54) is 12.1 Å². The van der Waals surface area contributed by atoms with Gasteiger partial charge < -0.3 is 14.2 Å². The van der Waals surface area contributed by atoms with Crippen LogP contribution < -0.4 is 9.50 Å². The number of carbonyl (C=O) groups is 1. The van der Waals surface area contributed by atoms with E-state index in [2.05, 4.69) is 9.50 Å². The standard InChI is InChI=1S/C21H24F3NO5S/c1-20(2,3)29-19(26)18(25-14-16-7-5-4-6-8-16)13-15-9-11-17(12-10-15)30-31(27,28)21(22,23)24/h4-12,18,25H,13-14H2,1-3H3. The lowest BCUT2D eigenvalue weighted by Gasteiger charge is -2.25. The molecule has 0 bridgehead atoms. The Hall–Kier alpha value is -2.59. The summed E-state index contributed by atoms with van der Waals surface area (Å²) in [6.07, 6.45) is 0.175. The van der Waals surface area contributed by atoms with E-state index < -0.39 is 39.0 Å². The minimum atomic E-state index is -5.75. The molecule has 1 unspecified atom stereocenters. The molecule has 31 heavy (non-hydrogen) atoms. The van der Waals surface area contributed by atoms with E-state index in [0.717, 1.165) is 17.7 Å². The Balaban J connectivity index is 2.12. The molecule has 170 valence electrons. The van der Waals surface area contributed by atoms with E-state index in [-0.39, 0.29) is 6.42 Å². The number of alkyl halides is 3. The van der Waals surface area contributed by atoms with E-state index in [4.69, 9.17) is 4.74 Å². The number of halogens is 3. The normalized spacial score (nSPS) is 13.5. The summed E-state index contributed by atoms with van der Waals surface area (Å²) in [5.41, 5.74) is -4.69. The quantitative estimate of drug-likeness (QED) is 0.366. The molecule has 2 aromatic rings. The predicted octanol–water partition coefficient (Wildman–Crippen LogP) is 3.96. The lowest BCUT2D eigenvalue weighted by Crippen LogP contribution is -2.42. The molecule has 0 amide bonds. The van der Waals surface area contributed by atoms with Gasteiger partial charge in [-0.15, -0.1) is 0 Å². The van der Waals surface area contributed by atoms with Gasteiger partial charge in [0.25, 0.3) is 0 Å². The Morgan fingerprint density at radius 3 is 2.06 bits per heavy atom. The third kappa shape index (κ3) is 7.87. The van der Waals surface area contributed by atoms with E-state index in [1.807, 2.05) is 30.3 Å². The van der Waals surface area contributed by atoms with Crippen LogP contribution in [0.4, 0.5) is 13.2 Å². The SMILES string of the molecule is CC(C)(C)OC(=O)C(Cc1ccc(OS(=O)(=O)C(F)(F)F)cc1)NCc1ccccc1. The van der Waals surface area contributed by atoms with Gasteiger partial charge in [0, 0.05) is 6.54 Å². The average Bonchev–Trinajstić information content (AvgIpc) is 2.64. The summed E-state index contributed by atoms with van der Waals surface area (Å²) in [6.45, 7) is 5.63. The summed E-state index contributed by atoms with van der Waals surface area (Å²) in [5, 5.41) is 3.13. The molecule has 0 aliphatic carbocycles. The third-order valence-electron chi connectivity index (χ3n) is 3.94. The van der Waals surface area contributed by atoms with Gasteiger partial charge in [-0.05, 0) is 50.5 Å². The molecule has 0 fully saturated rings. The van der Waals surface area contributed by atoms with Crippen molar-refractivity contribution in [2.75, 3.05) is 0 Å². The number of benzene rings is 2. The van der Waals surface area contributed by atoms with E-state index >= 15 is 0 Å². The van der Waals surface area contributed by atoms with Gasteiger partial charge >= 0.3 is 21.6 Å². The highest BCUT2D eigenvalue weighted by Gasteiger charge is 2.48. The first-order valence-corrected chi connectivity index (χ1v) is 10.8. The fourth-order valence-corrected chi connectivity index (χ4v) is 3.00. The maximum atomic E-state index is 12.6. The predicted molar refractivity (Wildman–Crippen MR) is 109 cm³/mol. The molecule has 0 aliphatic rings. The highest BCUT2D eigenvalue weighted by atomic mass is 32.2. The van der Waals surface area contributed by atoms with Gasteiger partial charge in [-0.3, -0.25) is 4.79 Å². The Morgan fingerprint density at radius 1 is 0.968 bits per heavy atom. The Labute approximate surface area is 179 Å². The highest BCUT2D eigenvalue weighted by Crippen LogP contribution is 2.27. The van der Waals surface area contributed by atoms with Gasteiger partial charge in [-0.1, -0.05) is 42.5 Å². The molecule has 1 N–H and O–H groups in total. The minimum absolute atomic E-state index is 0.175. The summed E-state index contributed by atoms with van der Waals surface area (Å²) in [5.74, 6) is -0.962. The average molecular weight is 459 g/mol. The molecule has 0 heterocycles. The topological polar surface area (TPSA) is 81.7 Å². The van der Waals surface area contributed by atoms with Gasteiger partial charge in [0.2, 0.25) is 0 Å². The van der Waals surface area contributed by atoms with Gasteiger partial charge in [-0.25, -0.2) is 0 Å². The second-order valence-corrected chi connectivity index (χ2v) is 9.32. The van der Waals surface area contributed by atoms with Crippen LogP contribution in [0.3, 0.4) is 0 Å². The molecule has 6 nitrogen and oxygen atoms in total. The van der Waals surface area contributed by atoms with Crippen molar-refractivity contribution in [1.29, 1.82) is 0 Å². The van der Waals surface area contributed by atoms with Crippen molar-refractivity contribution in [2.24, 2.45) is 0 Å². The summed E-state index contributed by atoms with van der Waals surface area (Å²) in [4.78, 5) is 12.6. The minimum Gasteiger partial charge on any atom is -0.459 e. The Morgan fingerprint density at radius 2 is 1.55 bits per heavy atom. The van der Waals surface area contributed by atoms with Crippen molar-refractivity contribution >= 4 is 16.1 Å². The van der Waals surface area contributed by atoms with Gasteiger partial charge in [-0.2, -0.15) is 21.6 Å². The summed E-state index contributed by atoms with van der Waals surface area (Å²) in [6, 6.07) is 13.6. The Bertz CT molecular complexity index is 969. The van der Waals surface area contributed by atoms with Crippen molar-refractivity contribution < 1.29 is 35.3 Å². The number of hydrogen-bond donors (Lipinski definition) is 1. The fourth-order valence-electron chi connectivity index (χ4n) is 2.54. The van der Waals surface area contributed by atoms with Crippen LogP contribution in [0.2, 0.25) is 0 Å². The maximum absolute atomic E-state index is 12.6. The maximum Gasteiger partial charge on any atom is 0.534 e. The second kappa shape index (κ2) is 9.69. The molecule has 2 aromatic carbocycles. The summed E-state index contributed by atoms with van der Waals surface area (Å²) in [7, 11) is -5.75. The lowest BCUT2D eigenvalue weighted by molar-refractivity contribution is -0.157. The number of carbonyl (C=O) groups excluding carboxylic acids is 1. The van der Waals surface area contributed by atoms with Gasteiger partial charge in [0.05, 0.1) is 0 Å². The smallest absolute Gasteiger partial charge is 0.459 e. The summed E-state index contributed by atoms with van der Waals surface area (Å²) < 4.78 is 69.1. The zero-order valence-electron chi connectivity index (χ0n) is 17.3. The number of nitrogens with one attached hydrogen (secondary N) is 1. The molecule has 10 heteroatoms. The van der Waals surface area contributed by atoms with Gasteiger partial charge in [0.15, 0.2) is 0 Å². The van der Waals surface area contributed by atoms with Crippen molar-refractivity contribution in [3.63, 3.8) is 0 Å². The van der Waals surface area contributed by atoms with Crippen LogP contribution in [0, 0.1) is 0 Å². The van der Waals surface area contributed by atoms with E-state index in [9.17, 15) is 26.4 Å². The van der Waals surface area contributed by atoms with Crippen LogP contribution in [0.15, 0.2) is 54.6 Å². The number of ether oxygens (including phenoxy) is 1. The van der Waals surface area contributed by atoms with Crippen molar-refractivity contribution in [1.82, 2.24) is 5.32 Å². The van der Waals surface area contributed by atoms with Gasteiger partial charge in [0.1, 0.15) is 17.4 Å². The molecule has 0 aromatic heterocycles. The molecule has 0 radical (unpaired) electrons. The monoisotopic (exact) mass is 459 g/mol. The molecule has 0 aliphatic heterocycles. The van der Waals surface area contributed by atoms with Crippen LogP contribution >= 0.6 is 0 Å². The largest absolute Gasteiger partial charge is 0.534 e. The van der Waals surface area contributed by atoms with Crippen molar-refractivity contribution in [2.45, 2.75) is 50.9 Å². The number of hydrogen-bond acceptors (Lipinski definition) is 6. The molecule has 2 rings (SSSR count). The fraction of sp³-hybridized carbons (Fsp3) is 0.381. The van der Waals surface area contributed by atoms with Crippen LogP contribution in [0.1, 0.15) is 31.9 Å². The molecular weight excluding hydrogens is 435 g/mol. The lowest BCUT2D eigenvalue weighted by atomic mass is 10.0. The van der Waals surface area contributed by atoms with Crippen LogP contribution in [-0.2, 0) is 32.6 Å². The second-order valence-electron chi connectivity index (χ2n) is 7.78. The van der Waals surface area contributed by atoms with Crippen LogP contribution in [-0.4, -0.2) is 31.5 Å². The zero-order valence-corrected chi connectivity index (χ0v) is 18.1. The van der Waals surface area contributed by atoms with Crippen LogP contribution in [0.25, 0.3) is 0 Å². The molecule has 0 spiro atoms. The van der Waals surface area contributed by atoms with E-state index in [0.29, 0.717) is 12.1 Å². The van der Waals surface area contributed by atoms with E-state index in [1.54, 1.807) is 20.8 Å². The first kappa shape index (κ1) is 24.7. The highest BCUT2D eigenvalue weighted by molar-refractivity contribution is 7.88. The van der Waals surface area contributed by atoms with Crippen molar-refractivity contribution in [3.05, 3.63) is 65.7 Å². The number of esters is 1. The summed E-state index contributed by atoms with van der Waals surface area (Å²) >= 11 is 0. The van der Waals surface area contributed by atoms with Crippen molar-refractivity contribution in [3.8, 4) is 5.75 Å². The third-order valence-corrected chi connectivity index (χ3v) is 4.92. The molecule has 1 atom stereocenters. The molecular formula is C21H24F3NO5S. The number of rotatable bonds is 8. The molecule has 0 saturated heterocycles. The zero-order chi connectivity index (χ0) is 23.3. The molecule has 0 saturated carbocycles. The Kier molecular flexibility index (Phi) is 7.72. The van der Waals surface area contributed by atoms with Crippen LogP contribution in [0.5, 0.6) is 5.75 Å².